The third kappa shape index (κ3) is 2.97. The number of hydrogen-bond donors (Lipinski definition) is 1. The van der Waals surface area contributed by atoms with Crippen LogP contribution in [0.15, 0.2) is 36.7 Å². The average Bonchev–Trinajstić information content (AvgIpc) is 3.03. The molecule has 0 spiro atoms. The number of alkyl halides is 1. The number of imidazole rings is 1. The number of para-hydroxylation sites is 2. The third-order valence-corrected chi connectivity index (χ3v) is 4.62. The van der Waals surface area contributed by atoms with Crippen LogP contribution in [0.5, 0.6) is 0 Å². The number of aromatic nitrogens is 4. The summed E-state index contributed by atoms with van der Waals surface area (Å²) in [5, 5.41) is 8.89. The van der Waals surface area contributed by atoms with Crippen LogP contribution in [0.4, 0.5) is 10.3 Å². The molecular weight excluding hydrogens is 333 g/mol. The van der Waals surface area contributed by atoms with Crippen molar-refractivity contribution in [2.45, 2.75) is 25.2 Å². The van der Waals surface area contributed by atoms with Gasteiger partial charge in [0.15, 0.2) is 0 Å². The van der Waals surface area contributed by atoms with Crippen LogP contribution in [0.2, 0.25) is 0 Å². The van der Waals surface area contributed by atoms with Crippen LogP contribution in [0.25, 0.3) is 11.0 Å². The van der Waals surface area contributed by atoms with Crippen LogP contribution in [0.1, 0.15) is 17.8 Å². The van der Waals surface area contributed by atoms with Gasteiger partial charge in [0.05, 0.1) is 29.2 Å². The molecule has 0 aliphatic carbocycles. The fourth-order valence-electron chi connectivity index (χ4n) is 3.23. The molecule has 132 valence electrons. The Morgan fingerprint density at radius 2 is 2.04 bits per heavy atom. The van der Waals surface area contributed by atoms with Gasteiger partial charge in [-0.3, -0.25) is 0 Å². The highest BCUT2D eigenvalue weighted by Gasteiger charge is 2.29. The lowest BCUT2D eigenvalue weighted by Gasteiger charge is -2.34. The summed E-state index contributed by atoms with van der Waals surface area (Å²) in [4.78, 5) is 15.3. The number of benzene rings is 1. The molecule has 8 heteroatoms. The summed E-state index contributed by atoms with van der Waals surface area (Å²) < 4.78 is 15.8. The van der Waals surface area contributed by atoms with Crippen molar-refractivity contribution in [3.63, 3.8) is 0 Å². The van der Waals surface area contributed by atoms with Crippen molar-refractivity contribution >= 4 is 17.0 Å². The summed E-state index contributed by atoms with van der Waals surface area (Å²) in [6.45, 7) is 1.39. The van der Waals surface area contributed by atoms with E-state index in [9.17, 15) is 4.39 Å². The SMILES string of the molecule is N#Cc1cnc(Cn2c(N3CC[C@@H](F)[C@H](N)C3)nc3ccccc32)nc1. The Hall–Kier alpha value is -3.05. The Morgan fingerprint density at radius 3 is 2.77 bits per heavy atom. The van der Waals surface area contributed by atoms with Gasteiger partial charge in [-0.05, 0) is 18.6 Å². The van der Waals surface area contributed by atoms with E-state index in [-0.39, 0.29) is 0 Å². The van der Waals surface area contributed by atoms with Gasteiger partial charge in [-0.25, -0.2) is 19.3 Å². The van der Waals surface area contributed by atoms with E-state index in [4.69, 9.17) is 16.0 Å². The second-order valence-electron chi connectivity index (χ2n) is 6.40. The maximum Gasteiger partial charge on any atom is 0.207 e. The van der Waals surface area contributed by atoms with Crippen LogP contribution >= 0.6 is 0 Å². The zero-order valence-electron chi connectivity index (χ0n) is 14.1. The van der Waals surface area contributed by atoms with Gasteiger partial charge in [0, 0.05) is 25.5 Å². The molecule has 0 unspecified atom stereocenters. The molecule has 3 heterocycles. The minimum atomic E-state index is -0.981. The molecule has 0 radical (unpaired) electrons. The second-order valence-corrected chi connectivity index (χ2v) is 6.40. The van der Waals surface area contributed by atoms with Gasteiger partial charge in [-0.15, -0.1) is 0 Å². The predicted octanol–water partition coefficient (Wildman–Crippen LogP) is 1.62. The van der Waals surface area contributed by atoms with Crippen molar-refractivity contribution < 1.29 is 4.39 Å². The molecule has 0 amide bonds. The Balaban J connectivity index is 1.73. The normalized spacial score (nSPS) is 20.3. The molecule has 1 saturated heterocycles. The van der Waals surface area contributed by atoms with E-state index < -0.39 is 12.2 Å². The number of hydrogen-bond acceptors (Lipinski definition) is 6. The van der Waals surface area contributed by atoms with E-state index >= 15 is 0 Å². The summed E-state index contributed by atoms with van der Waals surface area (Å²) in [6.07, 6.45) is 2.42. The molecule has 1 aliphatic rings. The highest BCUT2D eigenvalue weighted by molar-refractivity contribution is 5.79. The second kappa shape index (κ2) is 6.69. The minimum Gasteiger partial charge on any atom is -0.340 e. The van der Waals surface area contributed by atoms with E-state index in [2.05, 4.69) is 9.97 Å². The van der Waals surface area contributed by atoms with Gasteiger partial charge in [0.1, 0.15) is 18.1 Å². The molecule has 1 aromatic carbocycles. The number of piperidine rings is 1. The summed E-state index contributed by atoms with van der Waals surface area (Å²) in [5.74, 6) is 1.32. The van der Waals surface area contributed by atoms with E-state index in [0.29, 0.717) is 37.4 Å². The molecule has 1 aliphatic heterocycles. The Kier molecular flexibility index (Phi) is 4.22. The predicted molar refractivity (Wildman–Crippen MR) is 95.3 cm³/mol. The lowest BCUT2D eigenvalue weighted by atomic mass is 10.1. The molecule has 26 heavy (non-hydrogen) atoms. The monoisotopic (exact) mass is 351 g/mol. The third-order valence-electron chi connectivity index (χ3n) is 4.62. The molecule has 4 rings (SSSR count). The number of fused-ring (bicyclic) bond motifs is 1. The van der Waals surface area contributed by atoms with Crippen LogP contribution in [0, 0.1) is 11.3 Å². The maximum absolute atomic E-state index is 13.8. The fraction of sp³-hybridized carbons (Fsp3) is 0.333. The molecule has 2 aromatic heterocycles. The quantitative estimate of drug-likeness (QED) is 0.770. The first-order valence-electron chi connectivity index (χ1n) is 8.46. The van der Waals surface area contributed by atoms with Crippen molar-refractivity contribution in [1.82, 2.24) is 19.5 Å². The first kappa shape index (κ1) is 16.4. The van der Waals surface area contributed by atoms with E-state index in [0.717, 1.165) is 17.0 Å². The summed E-state index contributed by atoms with van der Waals surface area (Å²) >= 11 is 0. The topological polar surface area (TPSA) is 96.7 Å². The smallest absolute Gasteiger partial charge is 0.207 e. The highest BCUT2D eigenvalue weighted by Crippen LogP contribution is 2.26. The molecule has 2 N–H and O–H groups in total. The van der Waals surface area contributed by atoms with E-state index in [1.54, 1.807) is 0 Å². The van der Waals surface area contributed by atoms with E-state index in [1.807, 2.05) is 39.8 Å². The van der Waals surface area contributed by atoms with Crippen molar-refractivity contribution in [2.75, 3.05) is 18.0 Å². The minimum absolute atomic E-state index is 0.387. The first-order chi connectivity index (χ1) is 12.7. The van der Waals surface area contributed by atoms with Crippen LogP contribution < -0.4 is 10.6 Å². The van der Waals surface area contributed by atoms with Crippen LogP contribution in [-0.2, 0) is 6.54 Å². The number of nitrogens with two attached hydrogens (primary N) is 1. The summed E-state index contributed by atoms with van der Waals surface area (Å²) in [7, 11) is 0. The lowest BCUT2D eigenvalue weighted by molar-refractivity contribution is 0.243. The summed E-state index contributed by atoms with van der Waals surface area (Å²) in [5.41, 5.74) is 8.15. The van der Waals surface area contributed by atoms with Crippen LogP contribution in [-0.4, -0.2) is 44.8 Å². The number of halogens is 1. The standard InChI is InChI=1S/C18H18FN7/c19-13-5-6-25(10-14(13)21)18-24-15-3-1-2-4-16(15)26(18)11-17-22-8-12(7-20)9-23-17/h1-4,8-9,13-14H,5-6,10-11,21H2/t13-,14-/m1/s1. The highest BCUT2D eigenvalue weighted by atomic mass is 19.1. The Morgan fingerprint density at radius 1 is 1.27 bits per heavy atom. The zero-order valence-corrected chi connectivity index (χ0v) is 14.1. The molecule has 1 fully saturated rings. The van der Waals surface area contributed by atoms with Gasteiger partial charge in [0.25, 0.3) is 0 Å². The molecule has 2 atom stereocenters. The number of nitrogens with zero attached hydrogens (tertiary/aromatic N) is 6. The zero-order chi connectivity index (χ0) is 18.1. The van der Waals surface area contributed by atoms with Gasteiger partial charge < -0.3 is 15.2 Å². The number of anilines is 1. The summed E-state index contributed by atoms with van der Waals surface area (Å²) in [6, 6.07) is 9.29. The molecule has 0 bridgehead atoms. The van der Waals surface area contributed by atoms with Gasteiger partial charge in [-0.2, -0.15) is 5.26 Å². The van der Waals surface area contributed by atoms with Crippen LogP contribution in [0.3, 0.4) is 0 Å². The fourth-order valence-corrected chi connectivity index (χ4v) is 3.23. The van der Waals surface area contributed by atoms with Crippen molar-refractivity contribution in [1.29, 1.82) is 5.26 Å². The van der Waals surface area contributed by atoms with E-state index in [1.165, 1.54) is 12.4 Å². The van der Waals surface area contributed by atoms with Gasteiger partial charge >= 0.3 is 0 Å². The Bertz CT molecular complexity index is 960. The molecule has 0 saturated carbocycles. The van der Waals surface area contributed by atoms with Crippen molar-refractivity contribution in [3.05, 3.63) is 48.0 Å². The first-order valence-corrected chi connectivity index (χ1v) is 8.46. The largest absolute Gasteiger partial charge is 0.340 e. The van der Waals surface area contributed by atoms with Crippen molar-refractivity contribution in [2.24, 2.45) is 5.73 Å². The number of nitriles is 1. The number of rotatable bonds is 3. The van der Waals surface area contributed by atoms with Gasteiger partial charge in [-0.1, -0.05) is 12.1 Å². The molecule has 3 aromatic rings. The Labute approximate surface area is 149 Å². The maximum atomic E-state index is 13.8. The lowest BCUT2D eigenvalue weighted by Crippen LogP contribution is -2.50. The average molecular weight is 351 g/mol. The van der Waals surface area contributed by atoms with Gasteiger partial charge in [0.2, 0.25) is 5.95 Å². The van der Waals surface area contributed by atoms with Crippen molar-refractivity contribution in [3.8, 4) is 6.07 Å². The molecule has 7 nitrogen and oxygen atoms in total. The molecular formula is C18H18FN7.